The third-order valence-corrected chi connectivity index (χ3v) is 3.98. The number of ether oxygens (including phenoxy) is 1. The molecule has 0 saturated heterocycles. The molecule has 0 spiro atoms. The Balaban J connectivity index is 1.90. The summed E-state index contributed by atoms with van der Waals surface area (Å²) in [5, 5.41) is 3.09. The van der Waals surface area contributed by atoms with Gasteiger partial charge in [-0.3, -0.25) is 8.72 Å². The van der Waals surface area contributed by atoms with Crippen LogP contribution in [0.5, 0.6) is 6.01 Å². The number of halogens is 1. The van der Waals surface area contributed by atoms with Crippen LogP contribution in [0.15, 0.2) is 48.1 Å². The Morgan fingerprint density at radius 3 is 3.00 bits per heavy atom. The van der Waals surface area contributed by atoms with Crippen LogP contribution in [0.4, 0.5) is 5.82 Å². The molecule has 1 atom stereocenters. The van der Waals surface area contributed by atoms with E-state index in [-0.39, 0.29) is 11.9 Å². The predicted molar refractivity (Wildman–Crippen MR) is 84.8 cm³/mol. The smallest absolute Gasteiger partial charge is 0.318 e. The van der Waals surface area contributed by atoms with Crippen molar-refractivity contribution in [2.24, 2.45) is 0 Å². The van der Waals surface area contributed by atoms with Crippen molar-refractivity contribution in [1.82, 2.24) is 18.8 Å². The van der Waals surface area contributed by atoms with Crippen LogP contribution in [0.2, 0.25) is 0 Å². The summed E-state index contributed by atoms with van der Waals surface area (Å²) in [5.41, 5.74) is 1.73. The minimum absolute atomic E-state index is 0.0659. The van der Waals surface area contributed by atoms with Gasteiger partial charge >= 0.3 is 6.01 Å². The highest BCUT2D eigenvalue weighted by Crippen LogP contribution is 2.30. The first-order chi connectivity index (χ1) is 10.6. The van der Waals surface area contributed by atoms with E-state index in [1.807, 2.05) is 24.4 Å². The summed E-state index contributed by atoms with van der Waals surface area (Å²) in [7, 11) is 3.24. The van der Waals surface area contributed by atoms with E-state index in [1.165, 1.54) is 7.11 Å². The summed E-state index contributed by atoms with van der Waals surface area (Å²) >= 11 is 3.44. The molecular weight excluding hydrogens is 350 g/mol. The Morgan fingerprint density at radius 2 is 2.23 bits per heavy atom. The van der Waals surface area contributed by atoms with E-state index in [0.717, 1.165) is 11.4 Å². The molecule has 3 rings (SSSR count). The Labute approximate surface area is 136 Å². The van der Waals surface area contributed by atoms with Gasteiger partial charge in [-0.25, -0.2) is 4.98 Å². The van der Waals surface area contributed by atoms with Gasteiger partial charge in [-0.2, -0.15) is 4.98 Å². The Bertz CT molecular complexity index is 700. The molecule has 1 unspecified atom stereocenters. The number of nitrogens with zero attached hydrogens (tertiary/aromatic N) is 4. The van der Waals surface area contributed by atoms with E-state index in [4.69, 9.17) is 4.74 Å². The standard InChI is InChI=1S/C14H14BrN5O2/c1-19-10-4-3-7-20(15)11(10)8-9(13(19)21)17-12-5-6-16-14(18-12)22-2/h3-9H,1-2H3,(H,16,17,18). The van der Waals surface area contributed by atoms with Gasteiger partial charge in [-0.05, 0) is 24.3 Å². The van der Waals surface area contributed by atoms with Gasteiger partial charge in [0.25, 0.3) is 5.91 Å². The molecule has 114 valence electrons. The SMILES string of the molecule is COc1nccc(NC2C=C3C(=CC=CN3Br)N(C)C2=O)n1. The number of anilines is 1. The van der Waals surface area contributed by atoms with Crippen molar-refractivity contribution < 1.29 is 9.53 Å². The second-order valence-electron chi connectivity index (χ2n) is 4.70. The lowest BCUT2D eigenvalue weighted by atomic mass is 10.1. The summed E-state index contributed by atoms with van der Waals surface area (Å²) < 4.78 is 6.78. The summed E-state index contributed by atoms with van der Waals surface area (Å²) in [6.45, 7) is 0. The first-order valence-corrected chi connectivity index (χ1v) is 7.28. The number of amides is 1. The average Bonchev–Trinajstić information content (AvgIpc) is 2.53. The lowest BCUT2D eigenvalue weighted by Gasteiger charge is -2.35. The number of likely N-dealkylation sites (N-methyl/N-ethyl adjacent to an activating group) is 1. The van der Waals surface area contributed by atoms with E-state index in [1.54, 1.807) is 28.1 Å². The highest BCUT2D eigenvalue weighted by atomic mass is 79.9. The van der Waals surface area contributed by atoms with Crippen molar-refractivity contribution in [2.45, 2.75) is 6.04 Å². The van der Waals surface area contributed by atoms with Crippen LogP contribution in [0.1, 0.15) is 0 Å². The molecule has 3 heterocycles. The van der Waals surface area contributed by atoms with E-state index in [9.17, 15) is 4.79 Å². The monoisotopic (exact) mass is 363 g/mol. The fourth-order valence-electron chi connectivity index (χ4n) is 2.26. The molecule has 1 amide bonds. The van der Waals surface area contributed by atoms with Gasteiger partial charge in [0.1, 0.15) is 11.9 Å². The summed E-state index contributed by atoms with van der Waals surface area (Å²) in [6, 6.07) is 1.41. The van der Waals surface area contributed by atoms with Crippen LogP contribution < -0.4 is 10.1 Å². The van der Waals surface area contributed by atoms with E-state index < -0.39 is 6.04 Å². The lowest BCUT2D eigenvalue weighted by molar-refractivity contribution is -0.128. The molecule has 1 N–H and O–H groups in total. The highest BCUT2D eigenvalue weighted by molar-refractivity contribution is 9.07. The van der Waals surface area contributed by atoms with Gasteiger partial charge in [-0.1, -0.05) is 0 Å². The van der Waals surface area contributed by atoms with E-state index in [2.05, 4.69) is 31.4 Å². The molecule has 0 saturated carbocycles. The summed E-state index contributed by atoms with van der Waals surface area (Å²) in [4.78, 5) is 22.2. The quantitative estimate of drug-likeness (QED) is 0.823. The number of fused-ring (bicyclic) bond motifs is 1. The van der Waals surface area contributed by atoms with Crippen molar-refractivity contribution in [3.63, 3.8) is 0 Å². The second kappa shape index (κ2) is 5.80. The molecular formula is C14H14BrN5O2. The highest BCUT2D eigenvalue weighted by Gasteiger charge is 2.32. The first-order valence-electron chi connectivity index (χ1n) is 6.57. The molecule has 2 aliphatic rings. The fourth-order valence-corrected chi connectivity index (χ4v) is 2.70. The minimum Gasteiger partial charge on any atom is -0.467 e. The predicted octanol–water partition coefficient (Wildman–Crippen LogP) is 1.64. The Hall–Kier alpha value is -2.35. The maximum Gasteiger partial charge on any atom is 0.318 e. The van der Waals surface area contributed by atoms with Crippen molar-refractivity contribution in [2.75, 3.05) is 19.5 Å². The van der Waals surface area contributed by atoms with Crippen LogP contribution in [-0.4, -0.2) is 44.9 Å². The fraction of sp³-hybridized carbons (Fsp3) is 0.214. The topological polar surface area (TPSA) is 70.6 Å². The second-order valence-corrected chi connectivity index (χ2v) is 5.47. The van der Waals surface area contributed by atoms with Crippen LogP contribution in [0.25, 0.3) is 0 Å². The van der Waals surface area contributed by atoms with E-state index >= 15 is 0 Å². The lowest BCUT2D eigenvalue weighted by Crippen LogP contribution is -2.45. The molecule has 8 heteroatoms. The largest absolute Gasteiger partial charge is 0.467 e. The van der Waals surface area contributed by atoms with Crippen molar-refractivity contribution in [3.05, 3.63) is 48.1 Å². The van der Waals surface area contributed by atoms with Crippen LogP contribution in [0, 0.1) is 0 Å². The third-order valence-electron chi connectivity index (χ3n) is 3.37. The molecule has 0 aromatic carbocycles. The van der Waals surface area contributed by atoms with E-state index in [0.29, 0.717) is 5.82 Å². The average molecular weight is 364 g/mol. The Kier molecular flexibility index (Phi) is 3.84. The molecule has 0 aliphatic carbocycles. The number of hydrogen-bond donors (Lipinski definition) is 1. The molecule has 7 nitrogen and oxygen atoms in total. The van der Waals surface area contributed by atoms with Crippen LogP contribution in [-0.2, 0) is 4.79 Å². The molecule has 1 aromatic rings. The van der Waals surface area contributed by atoms with Gasteiger partial charge in [0.2, 0.25) is 0 Å². The maximum absolute atomic E-state index is 12.5. The van der Waals surface area contributed by atoms with Crippen LogP contribution >= 0.6 is 16.1 Å². The first kappa shape index (κ1) is 14.6. The van der Waals surface area contributed by atoms with Crippen molar-refractivity contribution in [1.29, 1.82) is 0 Å². The van der Waals surface area contributed by atoms with Crippen LogP contribution in [0.3, 0.4) is 0 Å². The third kappa shape index (κ3) is 2.57. The summed E-state index contributed by atoms with van der Waals surface area (Å²) in [6.07, 6.45) is 9.05. The molecule has 1 aromatic heterocycles. The molecule has 0 fully saturated rings. The zero-order valence-corrected chi connectivity index (χ0v) is 13.6. The number of hydrogen-bond acceptors (Lipinski definition) is 6. The van der Waals surface area contributed by atoms with Gasteiger partial charge in [0.05, 0.1) is 34.7 Å². The number of carbonyl (C=O) groups excluding carboxylic acids is 1. The number of aromatic nitrogens is 2. The number of methoxy groups -OCH3 is 1. The Morgan fingerprint density at radius 1 is 1.41 bits per heavy atom. The minimum atomic E-state index is -0.525. The molecule has 0 bridgehead atoms. The number of rotatable bonds is 3. The molecule has 0 radical (unpaired) electrons. The maximum atomic E-state index is 12.5. The number of allylic oxidation sites excluding steroid dienone is 2. The van der Waals surface area contributed by atoms with Gasteiger partial charge < -0.3 is 15.0 Å². The van der Waals surface area contributed by atoms with Gasteiger partial charge in [-0.15, -0.1) is 0 Å². The number of nitrogens with one attached hydrogen (secondary N) is 1. The zero-order valence-electron chi connectivity index (χ0n) is 12.0. The van der Waals surface area contributed by atoms with Crippen molar-refractivity contribution in [3.8, 4) is 6.01 Å². The molecule has 22 heavy (non-hydrogen) atoms. The number of carbonyl (C=O) groups is 1. The summed E-state index contributed by atoms with van der Waals surface area (Å²) in [5.74, 6) is 0.458. The normalized spacial score (nSPS) is 20.3. The molecule has 2 aliphatic heterocycles. The zero-order chi connectivity index (χ0) is 15.7. The van der Waals surface area contributed by atoms with Gasteiger partial charge in [0.15, 0.2) is 0 Å². The van der Waals surface area contributed by atoms with Gasteiger partial charge in [0, 0.05) is 19.4 Å². The van der Waals surface area contributed by atoms with Crippen molar-refractivity contribution >= 4 is 27.9 Å².